The highest BCUT2D eigenvalue weighted by molar-refractivity contribution is 6.33. The van der Waals surface area contributed by atoms with Crippen molar-refractivity contribution in [3.05, 3.63) is 53.1 Å². The number of hydrogen-bond donors (Lipinski definition) is 1. The van der Waals surface area contributed by atoms with E-state index in [0.717, 1.165) is 5.56 Å². The number of rotatable bonds is 6. The number of aryl methyl sites for hydroxylation is 1. The van der Waals surface area contributed by atoms with Crippen LogP contribution in [0.5, 0.6) is 5.75 Å². The average Bonchev–Trinajstić information content (AvgIpc) is 3.09. The fourth-order valence-electron chi connectivity index (χ4n) is 3.11. The van der Waals surface area contributed by atoms with Gasteiger partial charge in [0.25, 0.3) is 5.91 Å². The lowest BCUT2D eigenvalue weighted by Crippen LogP contribution is -2.28. The summed E-state index contributed by atoms with van der Waals surface area (Å²) in [5.74, 6) is -1.41. The van der Waals surface area contributed by atoms with E-state index in [0.29, 0.717) is 22.1 Å². The molecule has 0 spiro atoms. The average molecular weight is 417 g/mol. The third-order valence-electron chi connectivity index (χ3n) is 4.58. The zero-order valence-corrected chi connectivity index (χ0v) is 16.9. The maximum Gasteiger partial charge on any atom is 0.311 e. The largest absolute Gasteiger partial charge is 0.495 e. The van der Waals surface area contributed by atoms with E-state index in [1.54, 1.807) is 36.4 Å². The van der Waals surface area contributed by atoms with E-state index < -0.39 is 24.4 Å². The van der Waals surface area contributed by atoms with Gasteiger partial charge in [0.1, 0.15) is 5.75 Å². The lowest BCUT2D eigenvalue weighted by atomic mass is 10.1. The van der Waals surface area contributed by atoms with E-state index in [4.69, 9.17) is 21.1 Å². The van der Waals surface area contributed by atoms with E-state index >= 15 is 0 Å². The molecular weight excluding hydrogens is 396 g/mol. The topological polar surface area (TPSA) is 84.9 Å². The summed E-state index contributed by atoms with van der Waals surface area (Å²) >= 11 is 6.08. The number of hydrogen-bond acceptors (Lipinski definition) is 5. The third-order valence-corrected chi connectivity index (χ3v) is 4.89. The van der Waals surface area contributed by atoms with Crippen LogP contribution in [-0.4, -0.2) is 38.0 Å². The molecule has 0 unspecified atom stereocenters. The highest BCUT2D eigenvalue weighted by atomic mass is 35.5. The summed E-state index contributed by atoms with van der Waals surface area (Å²) in [6.45, 7) is 1.60. The number of carbonyl (C=O) groups excluding carboxylic acids is 3. The molecule has 0 radical (unpaired) electrons. The molecular formula is C21H21ClN2O5. The molecule has 7 nitrogen and oxygen atoms in total. The van der Waals surface area contributed by atoms with Crippen LogP contribution in [-0.2, 0) is 19.1 Å². The van der Waals surface area contributed by atoms with Gasteiger partial charge in [-0.3, -0.25) is 14.4 Å². The summed E-state index contributed by atoms with van der Waals surface area (Å²) in [6, 6.07) is 12.3. The Morgan fingerprint density at radius 2 is 2.00 bits per heavy atom. The number of carbonyl (C=O) groups is 3. The number of para-hydroxylation sites is 2. The van der Waals surface area contributed by atoms with Crippen molar-refractivity contribution in [3.8, 4) is 5.75 Å². The van der Waals surface area contributed by atoms with Gasteiger partial charge in [-0.15, -0.1) is 0 Å². The summed E-state index contributed by atoms with van der Waals surface area (Å²) in [5, 5.41) is 3.00. The van der Waals surface area contributed by atoms with Crippen LogP contribution in [0, 0.1) is 12.8 Å². The van der Waals surface area contributed by atoms with Crippen molar-refractivity contribution in [2.24, 2.45) is 5.92 Å². The molecule has 1 saturated heterocycles. The maximum absolute atomic E-state index is 12.4. The summed E-state index contributed by atoms with van der Waals surface area (Å²) in [5.41, 5.74) is 2.00. The van der Waals surface area contributed by atoms with Crippen LogP contribution in [0.1, 0.15) is 12.0 Å². The molecule has 1 aliphatic rings. The Balaban J connectivity index is 1.56. The standard InChI is InChI=1S/C21H21ClN2O5/c1-13-7-8-16(15(22)9-13)23-19(25)12-29-21(27)14-10-20(26)24(11-14)17-5-3-4-6-18(17)28-2/h3-9,14H,10-12H2,1-2H3,(H,23,25)/t14-/m1/s1. The number of nitrogens with one attached hydrogen (secondary N) is 1. The van der Waals surface area contributed by atoms with Crippen molar-refractivity contribution in [2.75, 3.05) is 30.5 Å². The van der Waals surface area contributed by atoms with E-state index in [9.17, 15) is 14.4 Å². The first-order valence-corrected chi connectivity index (χ1v) is 9.43. The molecule has 1 atom stereocenters. The second-order valence-corrected chi connectivity index (χ2v) is 7.12. The minimum absolute atomic E-state index is 0.0162. The Hall–Kier alpha value is -3.06. The van der Waals surface area contributed by atoms with Crippen LogP contribution in [0.4, 0.5) is 11.4 Å². The van der Waals surface area contributed by atoms with Gasteiger partial charge < -0.3 is 19.7 Å². The van der Waals surface area contributed by atoms with Crippen LogP contribution >= 0.6 is 11.6 Å². The Kier molecular flexibility index (Phi) is 6.39. The van der Waals surface area contributed by atoms with Crippen LogP contribution in [0.2, 0.25) is 5.02 Å². The van der Waals surface area contributed by atoms with Gasteiger partial charge in [0.2, 0.25) is 5.91 Å². The molecule has 2 amide bonds. The number of halogens is 1. The maximum atomic E-state index is 12.4. The number of nitrogens with zero attached hydrogens (tertiary/aromatic N) is 1. The highest BCUT2D eigenvalue weighted by Gasteiger charge is 2.37. The molecule has 0 aromatic heterocycles. The van der Waals surface area contributed by atoms with Crippen molar-refractivity contribution in [2.45, 2.75) is 13.3 Å². The summed E-state index contributed by atoms with van der Waals surface area (Å²) in [4.78, 5) is 38.3. The van der Waals surface area contributed by atoms with Crippen LogP contribution in [0.3, 0.4) is 0 Å². The van der Waals surface area contributed by atoms with Gasteiger partial charge >= 0.3 is 5.97 Å². The SMILES string of the molecule is COc1ccccc1N1C[C@H](C(=O)OCC(=O)Nc2ccc(C)cc2Cl)CC1=O. The number of benzene rings is 2. The van der Waals surface area contributed by atoms with Gasteiger partial charge in [-0.1, -0.05) is 29.8 Å². The predicted octanol–water partition coefficient (Wildman–Crippen LogP) is 3.19. The number of esters is 1. The molecule has 0 aliphatic carbocycles. The summed E-state index contributed by atoms with van der Waals surface area (Å²) < 4.78 is 10.4. The van der Waals surface area contributed by atoms with Gasteiger partial charge in [0, 0.05) is 13.0 Å². The van der Waals surface area contributed by atoms with Gasteiger partial charge in [-0.05, 0) is 36.8 Å². The second-order valence-electron chi connectivity index (χ2n) is 6.72. The minimum Gasteiger partial charge on any atom is -0.495 e. The zero-order chi connectivity index (χ0) is 21.0. The quantitative estimate of drug-likeness (QED) is 0.731. The lowest BCUT2D eigenvalue weighted by molar-refractivity contribution is -0.151. The van der Waals surface area contributed by atoms with E-state index in [-0.39, 0.29) is 18.9 Å². The summed E-state index contributed by atoms with van der Waals surface area (Å²) in [6.07, 6.45) is 0.0162. The highest BCUT2D eigenvalue weighted by Crippen LogP contribution is 2.33. The summed E-state index contributed by atoms with van der Waals surface area (Å²) in [7, 11) is 1.52. The molecule has 0 bridgehead atoms. The number of ether oxygens (including phenoxy) is 2. The van der Waals surface area contributed by atoms with Crippen molar-refractivity contribution in [1.82, 2.24) is 0 Å². The zero-order valence-electron chi connectivity index (χ0n) is 16.1. The van der Waals surface area contributed by atoms with Gasteiger partial charge in [-0.2, -0.15) is 0 Å². The first kappa shape index (κ1) is 20.7. The van der Waals surface area contributed by atoms with Crippen molar-refractivity contribution < 1.29 is 23.9 Å². The molecule has 1 heterocycles. The monoisotopic (exact) mass is 416 g/mol. The smallest absolute Gasteiger partial charge is 0.311 e. The third kappa shape index (κ3) is 4.86. The van der Waals surface area contributed by atoms with Crippen LogP contribution in [0.25, 0.3) is 0 Å². The molecule has 1 fully saturated rings. The molecule has 8 heteroatoms. The first-order valence-electron chi connectivity index (χ1n) is 9.05. The van der Waals surface area contributed by atoms with E-state index in [1.165, 1.54) is 12.0 Å². The minimum atomic E-state index is -0.650. The van der Waals surface area contributed by atoms with Gasteiger partial charge in [0.05, 0.1) is 29.4 Å². The molecule has 0 saturated carbocycles. The van der Waals surface area contributed by atoms with Crippen LogP contribution in [0.15, 0.2) is 42.5 Å². The molecule has 1 aliphatic heterocycles. The number of anilines is 2. The Labute approximate surface area is 173 Å². The normalized spacial score (nSPS) is 15.9. The molecule has 2 aromatic carbocycles. The van der Waals surface area contributed by atoms with Gasteiger partial charge in [0.15, 0.2) is 6.61 Å². The Morgan fingerprint density at radius 1 is 1.24 bits per heavy atom. The number of amides is 2. The van der Waals surface area contributed by atoms with E-state index in [2.05, 4.69) is 5.32 Å². The van der Waals surface area contributed by atoms with Crippen molar-refractivity contribution in [1.29, 1.82) is 0 Å². The fraction of sp³-hybridized carbons (Fsp3) is 0.286. The van der Waals surface area contributed by atoms with Crippen LogP contribution < -0.4 is 15.0 Å². The Bertz CT molecular complexity index is 946. The molecule has 152 valence electrons. The fourth-order valence-corrected chi connectivity index (χ4v) is 3.40. The predicted molar refractivity (Wildman–Crippen MR) is 109 cm³/mol. The first-order chi connectivity index (χ1) is 13.9. The van der Waals surface area contributed by atoms with Crippen molar-refractivity contribution in [3.63, 3.8) is 0 Å². The molecule has 29 heavy (non-hydrogen) atoms. The lowest BCUT2D eigenvalue weighted by Gasteiger charge is -2.19. The van der Waals surface area contributed by atoms with Crippen molar-refractivity contribution >= 4 is 40.8 Å². The van der Waals surface area contributed by atoms with E-state index in [1.807, 2.05) is 13.0 Å². The van der Waals surface area contributed by atoms with Gasteiger partial charge in [-0.25, -0.2) is 0 Å². The molecule has 3 rings (SSSR count). The second kappa shape index (κ2) is 8.96. The number of methoxy groups -OCH3 is 1. The molecule has 1 N–H and O–H groups in total. The Morgan fingerprint density at radius 3 is 2.72 bits per heavy atom. The molecule has 2 aromatic rings.